The van der Waals surface area contributed by atoms with E-state index in [1.54, 1.807) is 50.4 Å². The zero-order valence-electron chi connectivity index (χ0n) is 24.8. The quantitative estimate of drug-likeness (QED) is 0.136. The van der Waals surface area contributed by atoms with Crippen LogP contribution in [0.4, 0.5) is 17.3 Å². The van der Waals surface area contributed by atoms with Gasteiger partial charge in [0.05, 0.1) is 5.69 Å². The molecule has 0 saturated carbocycles. The summed E-state index contributed by atoms with van der Waals surface area (Å²) in [5, 5.41) is 33.9. The third-order valence-electron chi connectivity index (χ3n) is 8.17. The predicted molar refractivity (Wildman–Crippen MR) is 180 cm³/mol. The summed E-state index contributed by atoms with van der Waals surface area (Å²) < 4.78 is 6.37. The van der Waals surface area contributed by atoms with Gasteiger partial charge in [0.2, 0.25) is 5.95 Å². The van der Waals surface area contributed by atoms with E-state index in [-0.39, 0.29) is 0 Å². The number of carbonyl (C=O) groups excluding carboxylic acids is 1. The lowest BCUT2D eigenvalue weighted by molar-refractivity contribution is -0.115. The number of nitriles is 1. The third-order valence-corrected chi connectivity index (χ3v) is 8.17. The number of benzene rings is 2. The van der Waals surface area contributed by atoms with E-state index < -0.39 is 33.3 Å². The molecule has 200 valence electrons. The Morgan fingerprint density at radius 3 is 2.17 bits per heavy atom. The molecule has 1 saturated heterocycles. The number of hydrogen-bond acceptors (Lipinski definition) is 9. The van der Waals surface area contributed by atoms with E-state index in [1.807, 2.05) is 60.6 Å². The summed E-state index contributed by atoms with van der Waals surface area (Å²) in [4.78, 5) is 23.3. The molecule has 1 amide bonds. The van der Waals surface area contributed by atoms with E-state index in [2.05, 4.69) is 36.3 Å². The molecule has 0 spiro atoms. The molecule has 2 unspecified atom stereocenters. The van der Waals surface area contributed by atoms with Gasteiger partial charge in [-0.15, -0.1) is 0 Å². The van der Waals surface area contributed by atoms with Crippen molar-refractivity contribution in [2.75, 3.05) is 10.2 Å². The minimum absolute atomic E-state index is 0.297. The number of rotatable bonds is 6. The number of nitrogens with one attached hydrogen (secondary N) is 2. The van der Waals surface area contributed by atoms with E-state index >= 15 is 0 Å². The van der Waals surface area contributed by atoms with Crippen LogP contribution >= 0.6 is 0 Å². The number of aromatic nitrogens is 2. The molecule has 2 atom stereocenters. The molecule has 0 radical (unpaired) electrons. The molecule has 1 aliphatic heterocycles. The summed E-state index contributed by atoms with van der Waals surface area (Å²) in [6.07, 6.45) is 1.64. The van der Waals surface area contributed by atoms with Crippen LogP contribution in [0.15, 0.2) is 60.8 Å². The van der Waals surface area contributed by atoms with Crippen LogP contribution in [0.2, 0.25) is 0 Å². The summed E-state index contributed by atoms with van der Waals surface area (Å²) in [5.74, 6) is -0.172. The van der Waals surface area contributed by atoms with E-state index in [4.69, 9.17) is 10.00 Å². The van der Waals surface area contributed by atoms with Crippen molar-refractivity contribution in [3.8, 4) is 17.3 Å². The number of hydrogen-bond donors (Lipinski definition) is 4. The van der Waals surface area contributed by atoms with Crippen molar-refractivity contribution in [3.05, 3.63) is 66.4 Å². The minimum atomic E-state index is -1.95. The summed E-state index contributed by atoms with van der Waals surface area (Å²) in [7, 11) is 15.0. The van der Waals surface area contributed by atoms with Gasteiger partial charge in [-0.2, -0.15) is 5.26 Å². The van der Waals surface area contributed by atoms with Crippen LogP contribution in [-0.2, 0) is 4.74 Å². The Morgan fingerprint density at radius 2 is 1.59 bits per heavy atom. The SMILES string of the molecule is BC(O)(C#N)NC(=O)c1ccc(-c2ccnc(Nc3ccc(N4C(B)(B)C(B)(B)OC(B)(B)C4(B)O)cc3)n2)cc1. The monoisotopic (exact) mass is 542 g/mol. The number of aliphatic hydroxyl groups is 2. The average Bonchev–Trinajstić information content (AvgIpc) is 2.88. The second-order valence-corrected chi connectivity index (χ2v) is 12.2. The van der Waals surface area contributed by atoms with E-state index in [0.717, 1.165) is 16.9 Å². The molecule has 4 rings (SSSR count). The van der Waals surface area contributed by atoms with Crippen molar-refractivity contribution < 1.29 is 19.7 Å². The zero-order chi connectivity index (χ0) is 30.4. The van der Waals surface area contributed by atoms with E-state index in [0.29, 0.717) is 17.2 Å². The van der Waals surface area contributed by atoms with Crippen LogP contribution in [0.3, 0.4) is 0 Å². The first-order chi connectivity index (χ1) is 18.9. The molecule has 1 aromatic heterocycles. The van der Waals surface area contributed by atoms with Crippen molar-refractivity contribution in [3.63, 3.8) is 0 Å². The lowest BCUT2D eigenvalue weighted by Crippen LogP contribution is -2.86. The Morgan fingerprint density at radius 1 is 0.976 bits per heavy atom. The number of nitrogens with zero attached hydrogens (tertiary/aromatic N) is 4. The van der Waals surface area contributed by atoms with E-state index in [9.17, 15) is 15.0 Å². The molecular weight excluding hydrogens is 511 g/mol. The van der Waals surface area contributed by atoms with Gasteiger partial charge in [-0.3, -0.25) is 4.79 Å². The Labute approximate surface area is 247 Å². The molecule has 18 heteroatoms. The first-order valence-corrected chi connectivity index (χ1v) is 13.4. The molecule has 1 aliphatic rings. The number of anilines is 3. The van der Waals surface area contributed by atoms with Gasteiger partial charge >= 0.3 is 0 Å². The highest BCUT2D eigenvalue weighted by Gasteiger charge is 2.60. The molecule has 3 aromatic rings. The normalized spacial score (nSPS) is 22.0. The predicted octanol–water partition coefficient (Wildman–Crippen LogP) is -6.70. The lowest BCUT2D eigenvalue weighted by Gasteiger charge is -2.68. The number of ether oxygens (including phenoxy) is 1. The molecule has 41 heavy (non-hydrogen) atoms. The first-order valence-electron chi connectivity index (χ1n) is 13.4. The Balaban J connectivity index is 1.53. The van der Waals surface area contributed by atoms with Gasteiger partial charge in [-0.1, -0.05) is 12.1 Å². The van der Waals surface area contributed by atoms with Crippen molar-refractivity contribution in [2.24, 2.45) is 0 Å². The van der Waals surface area contributed by atoms with Gasteiger partial charge in [0.25, 0.3) is 5.91 Å². The average molecular weight is 541 g/mol. The molecule has 10 nitrogen and oxygen atoms in total. The number of morpholine rings is 1. The van der Waals surface area contributed by atoms with Crippen LogP contribution in [0.5, 0.6) is 0 Å². The van der Waals surface area contributed by atoms with Gasteiger partial charge in [0.1, 0.15) is 58.8 Å². The van der Waals surface area contributed by atoms with E-state index in [1.165, 1.54) is 7.85 Å². The number of amides is 1. The third kappa shape index (κ3) is 5.80. The van der Waals surface area contributed by atoms with Gasteiger partial charge < -0.3 is 30.5 Å². The molecule has 0 aliphatic carbocycles. The summed E-state index contributed by atoms with van der Waals surface area (Å²) in [6, 6.07) is 17.8. The fourth-order valence-corrected chi connectivity index (χ4v) is 5.03. The maximum absolute atomic E-state index is 12.3. The van der Waals surface area contributed by atoms with Crippen LogP contribution in [0.1, 0.15) is 10.4 Å². The van der Waals surface area contributed by atoms with Gasteiger partial charge in [-0.25, -0.2) is 9.97 Å². The van der Waals surface area contributed by atoms with Crippen molar-refractivity contribution in [1.82, 2.24) is 15.3 Å². The lowest BCUT2D eigenvalue weighted by atomic mass is 9.35. The van der Waals surface area contributed by atoms with Crippen LogP contribution in [0, 0.1) is 11.3 Å². The van der Waals surface area contributed by atoms with Gasteiger partial charge in [0, 0.05) is 39.5 Å². The summed E-state index contributed by atoms with van der Waals surface area (Å²) >= 11 is 0. The highest BCUT2D eigenvalue weighted by atomic mass is 16.5. The second kappa shape index (κ2) is 10.4. The maximum Gasteiger partial charge on any atom is 0.253 e. The molecule has 2 aromatic carbocycles. The largest absolute Gasteiger partial charge is 0.399 e. The Kier molecular flexibility index (Phi) is 7.71. The Hall–Kier alpha value is -3.52. The number of carbonyl (C=O) groups is 1. The summed E-state index contributed by atoms with van der Waals surface area (Å²) in [5.41, 5.74) is 0.0944. The molecule has 2 heterocycles. The second-order valence-electron chi connectivity index (χ2n) is 12.2. The molecule has 4 N–H and O–H groups in total. The fourth-order valence-electron chi connectivity index (χ4n) is 5.03. The Bertz CT molecular complexity index is 1470. The molecule has 0 bridgehead atoms. The maximum atomic E-state index is 12.3. The van der Waals surface area contributed by atoms with Crippen LogP contribution < -0.4 is 15.5 Å². The molecule has 1 fully saturated rings. The first kappa shape index (κ1) is 30.4. The minimum Gasteiger partial charge on any atom is -0.399 e. The van der Waals surface area contributed by atoms with Gasteiger partial charge in [-0.05, 0) is 47.8 Å². The topological polar surface area (TPSA) is 144 Å². The van der Waals surface area contributed by atoms with Crippen molar-refractivity contribution in [1.29, 1.82) is 5.26 Å². The summed E-state index contributed by atoms with van der Waals surface area (Å²) in [6.45, 7) is 0. The van der Waals surface area contributed by atoms with Crippen LogP contribution in [0.25, 0.3) is 11.3 Å². The standard InChI is InChI=1S/C23H30B8N6O4/c24-19(39,11-32)36-17(38)13-3-1-12(2-4-13)16-9-10-33-18(35-16)34-14-5-7-15(8-6-14)37-20(25,26)21(27,28)41-22(29,30)23(37,31)40/h1-10,39-40H,24-31H2,(H,36,38)(H,33,34,35). The highest BCUT2D eigenvalue weighted by molar-refractivity contribution is 6.57. The smallest absolute Gasteiger partial charge is 0.253 e. The molecular formula is C23H30B8N6O4. The fraction of sp³-hybridized carbons (Fsp3) is 0.217. The highest BCUT2D eigenvalue weighted by Crippen LogP contribution is 2.43. The zero-order valence-corrected chi connectivity index (χ0v) is 24.8. The van der Waals surface area contributed by atoms with Crippen molar-refractivity contribution >= 4 is 86.0 Å². The van der Waals surface area contributed by atoms with Crippen LogP contribution in [-0.4, -0.2) is 116 Å². The van der Waals surface area contributed by atoms with Gasteiger partial charge in [0.15, 0.2) is 21.3 Å². The van der Waals surface area contributed by atoms with Crippen molar-refractivity contribution in [2.45, 2.75) is 27.4 Å².